The van der Waals surface area contributed by atoms with E-state index in [0.717, 1.165) is 23.5 Å². The lowest BCUT2D eigenvalue weighted by molar-refractivity contribution is -0.137. The van der Waals surface area contributed by atoms with Gasteiger partial charge in [0.1, 0.15) is 17.6 Å². The number of thiazole rings is 1. The molecule has 3 heterocycles. The van der Waals surface area contributed by atoms with Crippen molar-refractivity contribution in [1.82, 2.24) is 14.8 Å². The Hall–Kier alpha value is -3.58. The number of aromatic nitrogens is 3. The fourth-order valence-corrected chi connectivity index (χ4v) is 5.85. The van der Waals surface area contributed by atoms with Crippen molar-refractivity contribution in [1.29, 1.82) is 0 Å². The molecule has 5 rings (SSSR count). The van der Waals surface area contributed by atoms with E-state index in [1.165, 1.54) is 30.6 Å². The van der Waals surface area contributed by atoms with Crippen molar-refractivity contribution in [2.45, 2.75) is 37.1 Å². The quantitative estimate of drug-likeness (QED) is 0.315. The van der Waals surface area contributed by atoms with Crippen LogP contribution in [0.3, 0.4) is 0 Å². The molecule has 0 saturated carbocycles. The summed E-state index contributed by atoms with van der Waals surface area (Å²) in [5.74, 6) is 0.577. The molecule has 1 unspecified atom stereocenters. The first-order chi connectivity index (χ1) is 17.7. The number of aryl methyl sites for hydroxylation is 1. The molecule has 8 nitrogen and oxygen atoms in total. The lowest BCUT2D eigenvalue weighted by Gasteiger charge is -2.28. The zero-order valence-corrected chi connectivity index (χ0v) is 21.0. The maximum Gasteiger partial charge on any atom is 0.416 e. The monoisotopic (exact) mass is 550 g/mol. The highest BCUT2D eigenvalue weighted by molar-refractivity contribution is 7.93. The molecular formula is C24H21F3N4O4S2. The third-order valence-corrected chi connectivity index (χ3v) is 7.96. The minimum Gasteiger partial charge on any atom is -0.493 e. The molecule has 0 bridgehead atoms. The van der Waals surface area contributed by atoms with Gasteiger partial charge >= 0.3 is 6.18 Å². The highest BCUT2D eigenvalue weighted by Gasteiger charge is 2.33. The van der Waals surface area contributed by atoms with Gasteiger partial charge in [0.25, 0.3) is 10.0 Å². The van der Waals surface area contributed by atoms with Crippen LogP contribution in [0.1, 0.15) is 30.6 Å². The van der Waals surface area contributed by atoms with Crippen LogP contribution in [0.4, 0.5) is 18.3 Å². The number of nitrogens with zero attached hydrogens (tertiary/aromatic N) is 3. The molecule has 0 amide bonds. The van der Waals surface area contributed by atoms with E-state index >= 15 is 0 Å². The number of halogens is 3. The lowest BCUT2D eigenvalue weighted by Crippen LogP contribution is -2.20. The second-order valence-corrected chi connectivity index (χ2v) is 10.7. The summed E-state index contributed by atoms with van der Waals surface area (Å²) in [6, 6.07) is 9.40. The molecule has 1 N–H and O–H groups in total. The summed E-state index contributed by atoms with van der Waals surface area (Å²) in [6.45, 7) is 2.54. The molecule has 0 radical (unpaired) electrons. The Morgan fingerprint density at radius 2 is 2.03 bits per heavy atom. The number of alkyl halides is 3. The van der Waals surface area contributed by atoms with Crippen molar-refractivity contribution >= 4 is 26.5 Å². The zero-order chi connectivity index (χ0) is 26.2. The van der Waals surface area contributed by atoms with Crippen molar-refractivity contribution in [2.75, 3.05) is 11.3 Å². The lowest BCUT2D eigenvalue weighted by atomic mass is 10.0. The highest BCUT2D eigenvalue weighted by atomic mass is 32.2. The molecule has 1 atom stereocenters. The van der Waals surface area contributed by atoms with E-state index in [9.17, 15) is 21.6 Å². The number of hydrogen-bond donors (Lipinski definition) is 1. The van der Waals surface area contributed by atoms with Crippen LogP contribution in [0, 0.1) is 0 Å². The van der Waals surface area contributed by atoms with E-state index in [1.54, 1.807) is 22.2 Å². The van der Waals surface area contributed by atoms with Gasteiger partial charge in [-0.25, -0.2) is 13.4 Å². The van der Waals surface area contributed by atoms with Crippen LogP contribution >= 0.6 is 11.3 Å². The minimum atomic E-state index is -4.52. The molecule has 37 heavy (non-hydrogen) atoms. The Balaban J connectivity index is 1.48. The van der Waals surface area contributed by atoms with E-state index in [2.05, 4.69) is 14.8 Å². The molecule has 0 saturated heterocycles. The van der Waals surface area contributed by atoms with Crippen LogP contribution in [0.25, 0.3) is 11.3 Å². The Morgan fingerprint density at radius 3 is 2.76 bits per heavy atom. The van der Waals surface area contributed by atoms with Gasteiger partial charge in [-0.3, -0.25) is 9.40 Å². The van der Waals surface area contributed by atoms with Gasteiger partial charge in [-0.1, -0.05) is 6.07 Å². The standard InChI is InChI=1S/C24H21F3N4O4S2/c1-2-31-19(7-9-29-31)18-13-15(24(25,26)27)3-6-20(18)35-21-8-11-34-22-14-16(4-5-17(21)22)37(32,33)30-23-28-10-12-36-23/h3-7,9-10,12-14,21H,2,8,11H2,1H3,(H,28,30). The van der Waals surface area contributed by atoms with E-state index in [-0.39, 0.29) is 27.9 Å². The average Bonchev–Trinajstić information content (AvgIpc) is 3.55. The highest BCUT2D eigenvalue weighted by Crippen LogP contribution is 2.42. The molecule has 13 heteroatoms. The van der Waals surface area contributed by atoms with Gasteiger partial charge in [-0.05, 0) is 37.3 Å². The number of benzene rings is 2. The van der Waals surface area contributed by atoms with Crippen LogP contribution in [0.15, 0.2) is 65.1 Å². The van der Waals surface area contributed by atoms with E-state index < -0.39 is 27.9 Å². The topological polar surface area (TPSA) is 95.3 Å². The van der Waals surface area contributed by atoms with Crippen molar-refractivity contribution in [3.05, 3.63) is 71.4 Å². The smallest absolute Gasteiger partial charge is 0.416 e. The molecule has 4 aromatic rings. The Labute approximate surface area is 214 Å². The van der Waals surface area contributed by atoms with E-state index in [4.69, 9.17) is 9.47 Å². The summed E-state index contributed by atoms with van der Waals surface area (Å²) in [5.41, 5.74) is 0.544. The number of rotatable bonds is 7. The Morgan fingerprint density at radius 1 is 1.19 bits per heavy atom. The van der Waals surface area contributed by atoms with Crippen LogP contribution in [0.5, 0.6) is 11.5 Å². The maximum atomic E-state index is 13.5. The molecule has 2 aromatic heterocycles. The van der Waals surface area contributed by atoms with Gasteiger partial charge in [0.15, 0.2) is 5.13 Å². The first-order valence-electron chi connectivity index (χ1n) is 11.2. The summed E-state index contributed by atoms with van der Waals surface area (Å²) in [6.07, 6.45) is -1.66. The molecular weight excluding hydrogens is 529 g/mol. The first kappa shape index (κ1) is 25.1. The summed E-state index contributed by atoms with van der Waals surface area (Å²) in [5, 5.41) is 6.07. The normalized spacial score (nSPS) is 15.6. The molecule has 0 aliphatic carbocycles. The van der Waals surface area contributed by atoms with Gasteiger partial charge in [0.05, 0.1) is 22.8 Å². The summed E-state index contributed by atoms with van der Waals surface area (Å²) < 4.78 is 82.0. The molecule has 0 spiro atoms. The molecule has 1 aliphatic heterocycles. The van der Waals surface area contributed by atoms with Crippen molar-refractivity contribution < 1.29 is 31.1 Å². The predicted octanol–water partition coefficient (Wildman–Crippen LogP) is 5.75. The molecule has 1 aliphatic rings. The third kappa shape index (κ3) is 5.14. The zero-order valence-electron chi connectivity index (χ0n) is 19.4. The Kier molecular flexibility index (Phi) is 6.58. The largest absolute Gasteiger partial charge is 0.493 e. The van der Waals surface area contributed by atoms with Crippen LogP contribution < -0.4 is 14.2 Å². The Bertz CT molecular complexity index is 1520. The molecule has 0 fully saturated rings. The second kappa shape index (κ2) is 9.71. The minimum absolute atomic E-state index is 0.0100. The van der Waals surface area contributed by atoms with Crippen LogP contribution in [0.2, 0.25) is 0 Å². The molecule has 2 aromatic carbocycles. The number of nitrogens with one attached hydrogen (secondary N) is 1. The number of anilines is 1. The third-order valence-electron chi connectivity index (χ3n) is 5.80. The van der Waals surface area contributed by atoms with E-state index in [0.29, 0.717) is 30.0 Å². The number of sulfonamides is 1. The summed E-state index contributed by atoms with van der Waals surface area (Å²) >= 11 is 1.15. The number of fused-ring (bicyclic) bond motifs is 1. The van der Waals surface area contributed by atoms with E-state index in [1.807, 2.05) is 6.92 Å². The first-order valence-corrected chi connectivity index (χ1v) is 13.6. The van der Waals surface area contributed by atoms with Gasteiger partial charge < -0.3 is 9.47 Å². The van der Waals surface area contributed by atoms with Gasteiger partial charge in [0.2, 0.25) is 0 Å². The van der Waals surface area contributed by atoms with Gasteiger partial charge in [-0.2, -0.15) is 18.3 Å². The van der Waals surface area contributed by atoms with Crippen LogP contribution in [-0.4, -0.2) is 29.8 Å². The average molecular weight is 551 g/mol. The van der Waals surface area contributed by atoms with Crippen molar-refractivity contribution in [2.24, 2.45) is 0 Å². The second-order valence-electron chi connectivity index (χ2n) is 8.13. The predicted molar refractivity (Wildman–Crippen MR) is 131 cm³/mol. The van der Waals surface area contributed by atoms with Crippen LogP contribution in [-0.2, 0) is 22.7 Å². The molecule has 194 valence electrons. The number of ether oxygens (including phenoxy) is 2. The van der Waals surface area contributed by atoms with Gasteiger partial charge in [0, 0.05) is 47.9 Å². The number of hydrogen-bond acceptors (Lipinski definition) is 7. The maximum absolute atomic E-state index is 13.5. The fourth-order valence-electron chi connectivity index (χ4n) is 4.05. The summed E-state index contributed by atoms with van der Waals surface area (Å²) in [4.78, 5) is 3.93. The SMILES string of the molecule is CCn1nccc1-c1cc(C(F)(F)F)ccc1OC1CCOc2cc(S(=O)(=O)Nc3nccs3)ccc21. The fraction of sp³-hybridized carbons (Fsp3) is 0.250. The van der Waals surface area contributed by atoms with Crippen molar-refractivity contribution in [3.63, 3.8) is 0 Å². The van der Waals surface area contributed by atoms with Crippen molar-refractivity contribution in [3.8, 4) is 22.8 Å². The van der Waals surface area contributed by atoms with Gasteiger partial charge in [-0.15, -0.1) is 11.3 Å². The summed E-state index contributed by atoms with van der Waals surface area (Å²) in [7, 11) is -3.90.